The van der Waals surface area contributed by atoms with Crippen LogP contribution in [0.1, 0.15) is 17.3 Å². The molecule has 0 radical (unpaired) electrons. The van der Waals surface area contributed by atoms with Crippen LogP contribution in [0.5, 0.6) is 0 Å². The molecule has 82 valence electrons. The van der Waals surface area contributed by atoms with Crippen LogP contribution < -0.4 is 5.32 Å². The van der Waals surface area contributed by atoms with Crippen LogP contribution in [0, 0.1) is 0 Å². The Morgan fingerprint density at radius 2 is 2.06 bits per heavy atom. The molecule has 0 fully saturated rings. The van der Waals surface area contributed by atoms with E-state index in [9.17, 15) is 9.59 Å². The Labute approximate surface area is 97.1 Å². The average Bonchev–Trinajstić information content (AvgIpc) is 2.69. The SMILES string of the molecule is CC(=O)CNC(=O)c1csc2ccccc12. The number of carbonyl (C=O) groups excluding carboxylic acids is 2. The minimum atomic E-state index is -0.187. The zero-order chi connectivity index (χ0) is 11.5. The lowest BCUT2D eigenvalue weighted by molar-refractivity contribution is -0.116. The minimum Gasteiger partial charge on any atom is -0.345 e. The van der Waals surface area contributed by atoms with Crippen LogP contribution in [0.3, 0.4) is 0 Å². The van der Waals surface area contributed by atoms with Gasteiger partial charge in [0.25, 0.3) is 5.91 Å². The summed E-state index contributed by atoms with van der Waals surface area (Å²) in [4.78, 5) is 22.5. The Balaban J connectivity index is 2.26. The maximum Gasteiger partial charge on any atom is 0.253 e. The van der Waals surface area contributed by atoms with Crippen molar-refractivity contribution >= 4 is 33.1 Å². The summed E-state index contributed by atoms with van der Waals surface area (Å²) in [5.41, 5.74) is 0.641. The van der Waals surface area contributed by atoms with Gasteiger partial charge in [-0.25, -0.2) is 0 Å². The highest BCUT2D eigenvalue weighted by Gasteiger charge is 2.11. The van der Waals surface area contributed by atoms with Crippen LogP contribution in [0.2, 0.25) is 0 Å². The Kier molecular flexibility index (Phi) is 3.01. The van der Waals surface area contributed by atoms with E-state index in [4.69, 9.17) is 0 Å². The Morgan fingerprint density at radius 3 is 2.81 bits per heavy atom. The number of hydrogen-bond donors (Lipinski definition) is 1. The highest BCUT2D eigenvalue weighted by atomic mass is 32.1. The molecule has 0 unspecified atom stereocenters. The van der Waals surface area contributed by atoms with Crippen molar-refractivity contribution in [1.29, 1.82) is 0 Å². The molecule has 0 aliphatic rings. The normalized spacial score (nSPS) is 10.3. The fourth-order valence-electron chi connectivity index (χ4n) is 1.45. The minimum absolute atomic E-state index is 0.0483. The van der Waals surface area contributed by atoms with Crippen LogP contribution in [-0.4, -0.2) is 18.2 Å². The number of hydrogen-bond acceptors (Lipinski definition) is 3. The van der Waals surface area contributed by atoms with Gasteiger partial charge >= 0.3 is 0 Å². The van der Waals surface area contributed by atoms with Gasteiger partial charge in [0.2, 0.25) is 0 Å². The predicted octanol–water partition coefficient (Wildman–Crippen LogP) is 2.22. The van der Waals surface area contributed by atoms with E-state index in [2.05, 4.69) is 5.32 Å². The number of ketones is 1. The Bertz CT molecular complexity index is 545. The molecule has 0 saturated heterocycles. The van der Waals surface area contributed by atoms with Crippen molar-refractivity contribution in [1.82, 2.24) is 5.32 Å². The van der Waals surface area contributed by atoms with Crippen molar-refractivity contribution in [3.63, 3.8) is 0 Å². The Hall–Kier alpha value is -1.68. The summed E-state index contributed by atoms with van der Waals surface area (Å²) in [6, 6.07) is 7.73. The standard InChI is InChI=1S/C12H11NO2S/c1-8(14)6-13-12(15)10-7-16-11-5-3-2-4-9(10)11/h2-5,7H,6H2,1H3,(H,13,15). The first-order valence-electron chi connectivity index (χ1n) is 4.92. The van der Waals surface area contributed by atoms with E-state index in [1.54, 1.807) is 0 Å². The van der Waals surface area contributed by atoms with E-state index >= 15 is 0 Å². The molecule has 0 aliphatic carbocycles. The summed E-state index contributed by atoms with van der Waals surface area (Å²) >= 11 is 1.53. The molecule has 2 rings (SSSR count). The smallest absolute Gasteiger partial charge is 0.253 e. The quantitative estimate of drug-likeness (QED) is 0.883. The van der Waals surface area contributed by atoms with Crippen molar-refractivity contribution in [3.8, 4) is 0 Å². The van der Waals surface area contributed by atoms with Crippen LogP contribution in [0.25, 0.3) is 10.1 Å². The largest absolute Gasteiger partial charge is 0.345 e. The van der Waals surface area contributed by atoms with Crippen molar-refractivity contribution in [2.24, 2.45) is 0 Å². The molecular weight excluding hydrogens is 222 g/mol. The number of thiophene rings is 1. The molecule has 1 heterocycles. The molecule has 0 spiro atoms. The summed E-state index contributed by atoms with van der Waals surface area (Å²) < 4.78 is 1.08. The van der Waals surface area contributed by atoms with E-state index in [1.165, 1.54) is 18.3 Å². The highest BCUT2D eigenvalue weighted by molar-refractivity contribution is 7.17. The molecular formula is C12H11NO2S. The zero-order valence-corrected chi connectivity index (χ0v) is 9.64. The lowest BCUT2D eigenvalue weighted by Gasteiger charge is -2.01. The van der Waals surface area contributed by atoms with Crippen LogP contribution in [0.4, 0.5) is 0 Å². The van der Waals surface area contributed by atoms with Gasteiger partial charge in [0.05, 0.1) is 12.1 Å². The molecule has 4 heteroatoms. The highest BCUT2D eigenvalue weighted by Crippen LogP contribution is 2.25. The maximum absolute atomic E-state index is 11.8. The van der Waals surface area contributed by atoms with Gasteiger partial charge < -0.3 is 5.32 Å². The van der Waals surface area contributed by atoms with Gasteiger partial charge in [0.1, 0.15) is 5.78 Å². The van der Waals surface area contributed by atoms with E-state index in [0.717, 1.165) is 10.1 Å². The molecule has 0 aliphatic heterocycles. The fourth-order valence-corrected chi connectivity index (χ4v) is 2.39. The Morgan fingerprint density at radius 1 is 1.31 bits per heavy atom. The summed E-state index contributed by atoms with van der Waals surface area (Å²) in [6.07, 6.45) is 0. The third kappa shape index (κ3) is 2.12. The van der Waals surface area contributed by atoms with Crippen molar-refractivity contribution in [2.75, 3.05) is 6.54 Å². The third-order valence-electron chi connectivity index (χ3n) is 2.22. The van der Waals surface area contributed by atoms with Crippen molar-refractivity contribution in [3.05, 3.63) is 35.2 Å². The van der Waals surface area contributed by atoms with Gasteiger partial charge in [-0.3, -0.25) is 9.59 Å². The lowest BCUT2D eigenvalue weighted by Crippen LogP contribution is -2.27. The number of benzene rings is 1. The summed E-state index contributed by atoms with van der Waals surface area (Å²) in [6.45, 7) is 1.54. The van der Waals surface area contributed by atoms with Crippen molar-refractivity contribution in [2.45, 2.75) is 6.92 Å². The molecule has 2 aromatic rings. The van der Waals surface area contributed by atoms with Gasteiger partial charge in [-0.2, -0.15) is 0 Å². The van der Waals surface area contributed by atoms with Gasteiger partial charge in [-0.05, 0) is 13.0 Å². The molecule has 1 aromatic carbocycles. The van der Waals surface area contributed by atoms with E-state index in [-0.39, 0.29) is 18.2 Å². The second-order valence-electron chi connectivity index (χ2n) is 3.53. The van der Waals surface area contributed by atoms with Crippen LogP contribution >= 0.6 is 11.3 Å². The second kappa shape index (κ2) is 4.45. The van der Waals surface area contributed by atoms with Gasteiger partial charge in [0, 0.05) is 15.5 Å². The van der Waals surface area contributed by atoms with Crippen molar-refractivity contribution < 1.29 is 9.59 Å². The fraction of sp³-hybridized carbons (Fsp3) is 0.167. The lowest BCUT2D eigenvalue weighted by atomic mass is 10.1. The maximum atomic E-state index is 11.8. The van der Waals surface area contributed by atoms with Gasteiger partial charge in [0.15, 0.2) is 0 Å². The summed E-state index contributed by atoms with van der Waals surface area (Å²) in [5.74, 6) is -0.236. The molecule has 0 bridgehead atoms. The molecule has 3 nitrogen and oxygen atoms in total. The predicted molar refractivity (Wildman–Crippen MR) is 64.8 cm³/mol. The van der Waals surface area contributed by atoms with Gasteiger partial charge in [-0.1, -0.05) is 18.2 Å². The zero-order valence-electron chi connectivity index (χ0n) is 8.82. The molecule has 1 aromatic heterocycles. The molecule has 0 saturated carbocycles. The van der Waals surface area contributed by atoms with E-state index in [0.29, 0.717) is 5.56 Å². The first-order chi connectivity index (χ1) is 7.68. The number of fused-ring (bicyclic) bond motifs is 1. The number of carbonyl (C=O) groups is 2. The molecule has 1 amide bonds. The molecule has 1 N–H and O–H groups in total. The first kappa shape index (κ1) is 10.8. The topological polar surface area (TPSA) is 46.2 Å². The second-order valence-corrected chi connectivity index (χ2v) is 4.44. The average molecular weight is 233 g/mol. The van der Waals surface area contributed by atoms with E-state index < -0.39 is 0 Å². The number of nitrogens with one attached hydrogen (secondary N) is 1. The molecule has 0 atom stereocenters. The monoisotopic (exact) mass is 233 g/mol. The van der Waals surface area contributed by atoms with Crippen LogP contribution in [-0.2, 0) is 4.79 Å². The summed E-state index contributed by atoms with van der Waals surface area (Å²) in [7, 11) is 0. The number of Topliss-reactive ketones (excluding diaryl/α,β-unsaturated/α-hetero) is 1. The first-order valence-corrected chi connectivity index (χ1v) is 5.80. The number of amides is 1. The van der Waals surface area contributed by atoms with Crippen LogP contribution in [0.15, 0.2) is 29.6 Å². The third-order valence-corrected chi connectivity index (χ3v) is 3.19. The number of rotatable bonds is 3. The van der Waals surface area contributed by atoms with Gasteiger partial charge in [-0.15, -0.1) is 11.3 Å². The molecule has 16 heavy (non-hydrogen) atoms. The summed E-state index contributed by atoms with van der Waals surface area (Å²) in [5, 5.41) is 5.35. The van der Waals surface area contributed by atoms with E-state index in [1.807, 2.05) is 29.6 Å².